The second-order valence-corrected chi connectivity index (χ2v) is 7.36. The van der Waals surface area contributed by atoms with E-state index in [1.807, 2.05) is 13.8 Å². The van der Waals surface area contributed by atoms with Crippen LogP contribution in [0, 0.1) is 5.41 Å². The molecule has 1 fully saturated rings. The molecular weight excluding hydrogens is 287 g/mol. The van der Waals surface area contributed by atoms with Crippen LogP contribution in [-0.4, -0.2) is 46.6 Å². The monoisotopic (exact) mass is 311 g/mol. The molecule has 4 nitrogen and oxygen atoms in total. The molecule has 1 amide bonds. The quantitative estimate of drug-likeness (QED) is 0.808. The number of alkyl halides is 3. The molecule has 0 aliphatic carbocycles. The van der Waals surface area contributed by atoms with Crippen molar-refractivity contribution in [3.63, 3.8) is 0 Å². The molecule has 1 rings (SSSR count). The molecule has 0 radical (unpaired) electrons. The van der Waals surface area contributed by atoms with Crippen LogP contribution in [0.25, 0.3) is 0 Å². The molecule has 1 saturated heterocycles. The van der Waals surface area contributed by atoms with Gasteiger partial charge in [0.1, 0.15) is 5.60 Å². The molecular formula is C14H24F3NO3. The molecule has 1 N–H and O–H groups in total. The minimum absolute atomic E-state index is 0.0902. The summed E-state index contributed by atoms with van der Waals surface area (Å²) in [4.78, 5) is 13.2. The van der Waals surface area contributed by atoms with Crippen molar-refractivity contribution < 1.29 is 27.8 Å². The number of piperidine rings is 1. The average Bonchev–Trinajstić information content (AvgIpc) is 2.23. The molecule has 1 aliphatic rings. The Morgan fingerprint density at radius 3 is 2.29 bits per heavy atom. The number of hydrogen-bond acceptors (Lipinski definition) is 3. The van der Waals surface area contributed by atoms with E-state index in [0.717, 1.165) is 4.90 Å². The summed E-state index contributed by atoms with van der Waals surface area (Å²) >= 11 is 0. The van der Waals surface area contributed by atoms with Crippen molar-refractivity contribution in [2.45, 2.75) is 71.4 Å². The van der Waals surface area contributed by atoms with Crippen LogP contribution in [0.3, 0.4) is 0 Å². The zero-order valence-corrected chi connectivity index (χ0v) is 13.1. The lowest BCUT2D eigenvalue weighted by molar-refractivity contribution is -0.225. The number of aliphatic hydroxyl groups excluding tert-OH is 1. The van der Waals surface area contributed by atoms with E-state index in [1.165, 1.54) is 0 Å². The number of halogens is 3. The third-order valence-corrected chi connectivity index (χ3v) is 3.44. The van der Waals surface area contributed by atoms with Gasteiger partial charge in [-0.15, -0.1) is 0 Å². The molecule has 1 heterocycles. The molecule has 0 aromatic rings. The van der Waals surface area contributed by atoms with Crippen molar-refractivity contribution in [3.8, 4) is 0 Å². The van der Waals surface area contributed by atoms with E-state index in [-0.39, 0.29) is 18.4 Å². The first kappa shape index (κ1) is 18.1. The number of carbonyl (C=O) groups excluding carboxylic acids is 1. The van der Waals surface area contributed by atoms with Gasteiger partial charge in [-0.3, -0.25) is 0 Å². The van der Waals surface area contributed by atoms with Gasteiger partial charge in [-0.05, 0) is 39.0 Å². The van der Waals surface area contributed by atoms with E-state index in [1.54, 1.807) is 20.8 Å². The van der Waals surface area contributed by atoms with Crippen LogP contribution in [0.2, 0.25) is 0 Å². The van der Waals surface area contributed by atoms with E-state index in [2.05, 4.69) is 0 Å². The first-order chi connectivity index (χ1) is 9.23. The Morgan fingerprint density at radius 1 is 1.33 bits per heavy atom. The smallest absolute Gasteiger partial charge is 0.416 e. The molecule has 0 bridgehead atoms. The lowest BCUT2D eigenvalue weighted by Crippen LogP contribution is -2.58. The Hall–Kier alpha value is -0.980. The number of nitrogens with zero attached hydrogens (tertiary/aromatic N) is 1. The maximum absolute atomic E-state index is 12.8. The largest absolute Gasteiger partial charge is 0.444 e. The highest BCUT2D eigenvalue weighted by atomic mass is 19.4. The van der Waals surface area contributed by atoms with Crippen molar-refractivity contribution >= 4 is 6.09 Å². The maximum Gasteiger partial charge on any atom is 0.416 e. The summed E-state index contributed by atoms with van der Waals surface area (Å²) in [6.45, 7) is 8.82. The lowest BCUT2D eigenvalue weighted by Gasteiger charge is -2.45. The minimum atomic E-state index is -4.76. The first-order valence-corrected chi connectivity index (χ1v) is 6.97. The third kappa shape index (κ3) is 5.05. The highest BCUT2D eigenvalue weighted by Crippen LogP contribution is 2.37. The highest BCUT2D eigenvalue weighted by molar-refractivity contribution is 5.69. The zero-order valence-electron chi connectivity index (χ0n) is 13.1. The van der Waals surface area contributed by atoms with Crippen LogP contribution in [0.1, 0.15) is 47.5 Å². The summed E-state index contributed by atoms with van der Waals surface area (Å²) in [6, 6.07) is -1.30. The Kier molecular flexibility index (Phi) is 4.87. The number of aliphatic hydroxyl groups is 1. The Labute approximate surface area is 123 Å². The van der Waals surface area contributed by atoms with Gasteiger partial charge >= 0.3 is 12.3 Å². The van der Waals surface area contributed by atoms with Gasteiger partial charge in [0.25, 0.3) is 0 Å². The van der Waals surface area contributed by atoms with Gasteiger partial charge in [0, 0.05) is 6.54 Å². The van der Waals surface area contributed by atoms with E-state index in [0.29, 0.717) is 6.42 Å². The van der Waals surface area contributed by atoms with E-state index in [4.69, 9.17) is 4.74 Å². The molecule has 7 heteroatoms. The Balaban J connectivity index is 2.98. The zero-order chi connectivity index (χ0) is 16.6. The molecule has 2 atom stereocenters. The van der Waals surface area contributed by atoms with Gasteiger partial charge < -0.3 is 14.7 Å². The molecule has 0 saturated carbocycles. The summed E-state index contributed by atoms with van der Waals surface area (Å²) < 4.78 is 43.5. The summed E-state index contributed by atoms with van der Waals surface area (Å²) in [5.41, 5.74) is -1.11. The predicted octanol–water partition coefficient (Wildman–Crippen LogP) is 3.34. The fourth-order valence-corrected chi connectivity index (χ4v) is 2.42. The average molecular weight is 311 g/mol. The van der Waals surface area contributed by atoms with E-state index < -0.39 is 30.0 Å². The predicted molar refractivity (Wildman–Crippen MR) is 71.8 cm³/mol. The molecule has 21 heavy (non-hydrogen) atoms. The van der Waals surface area contributed by atoms with Gasteiger partial charge in [0.15, 0.2) is 6.10 Å². The second-order valence-electron chi connectivity index (χ2n) is 7.36. The summed E-state index contributed by atoms with van der Waals surface area (Å²) in [5, 5.41) is 9.52. The Morgan fingerprint density at radius 2 is 1.86 bits per heavy atom. The number of carbonyl (C=O) groups is 1. The van der Waals surface area contributed by atoms with Crippen molar-refractivity contribution in [3.05, 3.63) is 0 Å². The number of hydrogen-bond donors (Lipinski definition) is 1. The number of ether oxygens (including phenoxy) is 1. The van der Waals surface area contributed by atoms with Crippen LogP contribution in [0.5, 0.6) is 0 Å². The fourth-order valence-electron chi connectivity index (χ4n) is 2.42. The van der Waals surface area contributed by atoms with Gasteiger partial charge in [-0.1, -0.05) is 13.8 Å². The van der Waals surface area contributed by atoms with Crippen LogP contribution in [0.15, 0.2) is 0 Å². The first-order valence-electron chi connectivity index (χ1n) is 6.97. The lowest BCUT2D eigenvalue weighted by atomic mass is 9.80. The van der Waals surface area contributed by atoms with Crippen LogP contribution >= 0.6 is 0 Å². The van der Waals surface area contributed by atoms with Crippen LogP contribution in [0.4, 0.5) is 18.0 Å². The number of amides is 1. The molecule has 0 aromatic carbocycles. The summed E-state index contributed by atoms with van der Waals surface area (Å²) in [5.74, 6) is 0. The SMILES string of the molecule is CC1(C)CCC(C(O)C(F)(F)F)N(C(=O)OC(C)(C)C)C1. The Bertz CT molecular complexity index is 388. The van der Waals surface area contributed by atoms with Gasteiger partial charge in [0.2, 0.25) is 0 Å². The van der Waals surface area contributed by atoms with E-state index >= 15 is 0 Å². The van der Waals surface area contributed by atoms with Crippen LogP contribution in [-0.2, 0) is 4.74 Å². The van der Waals surface area contributed by atoms with Gasteiger partial charge in [0.05, 0.1) is 6.04 Å². The van der Waals surface area contributed by atoms with E-state index in [9.17, 15) is 23.1 Å². The topological polar surface area (TPSA) is 49.8 Å². The normalized spacial score (nSPS) is 24.6. The molecule has 0 aromatic heterocycles. The summed E-state index contributed by atoms with van der Waals surface area (Å²) in [6.07, 6.45) is -7.53. The third-order valence-electron chi connectivity index (χ3n) is 3.44. The molecule has 124 valence electrons. The van der Waals surface area contributed by atoms with Crippen molar-refractivity contribution in [2.24, 2.45) is 5.41 Å². The fraction of sp³-hybridized carbons (Fsp3) is 0.929. The van der Waals surface area contributed by atoms with Crippen molar-refractivity contribution in [2.75, 3.05) is 6.54 Å². The maximum atomic E-state index is 12.8. The second kappa shape index (κ2) is 5.66. The standard InChI is InChI=1S/C14H24F3NO3/c1-12(2,3)21-11(20)18-8-13(4,5)7-6-9(18)10(19)14(15,16)17/h9-10,19H,6-8H2,1-5H3. The summed E-state index contributed by atoms with van der Waals surface area (Å²) in [7, 11) is 0. The minimum Gasteiger partial charge on any atom is -0.444 e. The molecule has 1 aliphatic heterocycles. The molecule has 0 spiro atoms. The van der Waals surface area contributed by atoms with Crippen molar-refractivity contribution in [1.82, 2.24) is 4.90 Å². The highest BCUT2D eigenvalue weighted by Gasteiger charge is 2.50. The van der Waals surface area contributed by atoms with Gasteiger partial charge in [-0.25, -0.2) is 4.79 Å². The number of rotatable bonds is 1. The number of likely N-dealkylation sites (tertiary alicyclic amines) is 1. The van der Waals surface area contributed by atoms with Gasteiger partial charge in [-0.2, -0.15) is 13.2 Å². The van der Waals surface area contributed by atoms with Crippen LogP contribution < -0.4 is 0 Å². The molecule has 2 unspecified atom stereocenters. The van der Waals surface area contributed by atoms with Crippen molar-refractivity contribution in [1.29, 1.82) is 0 Å².